The molecule has 0 aliphatic carbocycles. The zero-order chi connectivity index (χ0) is 16.5. The summed E-state index contributed by atoms with van der Waals surface area (Å²) < 4.78 is 11.0. The maximum Gasteiger partial charge on any atom is 0.193 e. The average molecular weight is 340 g/mol. The lowest BCUT2D eigenvalue weighted by Crippen LogP contribution is -2.46. The molecule has 0 saturated carbocycles. The van der Waals surface area contributed by atoms with Crippen LogP contribution in [0.4, 0.5) is 0 Å². The summed E-state index contributed by atoms with van der Waals surface area (Å²) >= 11 is 1.83. The average Bonchev–Trinajstić information content (AvgIpc) is 2.99. The highest BCUT2D eigenvalue weighted by atomic mass is 32.1. The molecule has 1 aliphatic heterocycles. The van der Waals surface area contributed by atoms with Crippen LogP contribution < -0.4 is 5.32 Å². The topological polar surface area (TPSA) is 46.1 Å². The molecule has 2 heterocycles. The van der Waals surface area contributed by atoms with E-state index in [9.17, 15) is 0 Å². The largest absolute Gasteiger partial charge is 0.385 e. The van der Waals surface area contributed by atoms with Crippen molar-refractivity contribution in [1.82, 2.24) is 10.2 Å². The first-order valence-electron chi connectivity index (χ1n) is 8.34. The lowest BCUT2D eigenvalue weighted by Gasteiger charge is -2.34. The van der Waals surface area contributed by atoms with E-state index in [0.29, 0.717) is 6.10 Å². The number of guanidine groups is 1. The number of thiophene rings is 1. The minimum absolute atomic E-state index is 0.376. The van der Waals surface area contributed by atoms with Gasteiger partial charge in [0.05, 0.1) is 12.6 Å². The van der Waals surface area contributed by atoms with Gasteiger partial charge in [0, 0.05) is 50.2 Å². The summed E-state index contributed by atoms with van der Waals surface area (Å²) in [6, 6.07) is 4.34. The van der Waals surface area contributed by atoms with E-state index < -0.39 is 0 Å². The van der Waals surface area contributed by atoms with Crippen LogP contribution in [0.5, 0.6) is 0 Å². The third-order valence-electron chi connectivity index (χ3n) is 4.02. The molecule has 1 aromatic rings. The van der Waals surface area contributed by atoms with Crippen molar-refractivity contribution in [2.24, 2.45) is 4.99 Å². The molecule has 130 valence electrons. The molecule has 0 bridgehead atoms. The minimum atomic E-state index is 0.376. The maximum absolute atomic E-state index is 5.91. The van der Waals surface area contributed by atoms with Crippen LogP contribution in [0.15, 0.2) is 17.1 Å². The van der Waals surface area contributed by atoms with E-state index in [-0.39, 0.29) is 0 Å². The van der Waals surface area contributed by atoms with E-state index >= 15 is 0 Å². The summed E-state index contributed by atoms with van der Waals surface area (Å²) in [4.78, 5) is 9.45. The molecule has 0 aromatic carbocycles. The number of piperidine rings is 1. The molecule has 0 atom stereocenters. The summed E-state index contributed by atoms with van der Waals surface area (Å²) in [7, 11) is 3.59. The highest BCUT2D eigenvalue weighted by molar-refractivity contribution is 7.11. The molecular weight excluding hydrogens is 310 g/mol. The number of aliphatic imine (C=N–C) groups is 1. The molecule has 1 aliphatic rings. The summed E-state index contributed by atoms with van der Waals surface area (Å²) in [5, 5.41) is 3.47. The standard InChI is InChI=1S/C17H29N3O2S/c1-14-5-6-16(23-14)13-19-17(18-2)20-9-7-15(8-10-20)22-12-4-11-21-3/h5-6,15H,4,7-13H2,1-3H3,(H,18,19). The van der Waals surface area contributed by atoms with Gasteiger partial charge < -0.3 is 19.7 Å². The number of ether oxygens (including phenoxy) is 2. The summed E-state index contributed by atoms with van der Waals surface area (Å²) in [5.74, 6) is 0.994. The molecule has 6 heteroatoms. The zero-order valence-electron chi connectivity index (χ0n) is 14.5. The summed E-state index contributed by atoms with van der Waals surface area (Å²) in [5.41, 5.74) is 0. The van der Waals surface area contributed by atoms with Crippen molar-refractivity contribution in [3.05, 3.63) is 21.9 Å². The van der Waals surface area contributed by atoms with Crippen molar-refractivity contribution in [3.63, 3.8) is 0 Å². The van der Waals surface area contributed by atoms with E-state index in [1.165, 1.54) is 9.75 Å². The maximum atomic E-state index is 5.91. The quantitative estimate of drug-likeness (QED) is 0.471. The van der Waals surface area contributed by atoms with Gasteiger partial charge >= 0.3 is 0 Å². The number of aryl methyl sites for hydroxylation is 1. The van der Waals surface area contributed by atoms with E-state index in [1.54, 1.807) is 7.11 Å². The van der Waals surface area contributed by atoms with Crippen LogP contribution in [0.1, 0.15) is 29.0 Å². The van der Waals surface area contributed by atoms with Crippen LogP contribution >= 0.6 is 11.3 Å². The van der Waals surface area contributed by atoms with Gasteiger partial charge in [-0.3, -0.25) is 4.99 Å². The smallest absolute Gasteiger partial charge is 0.193 e. The van der Waals surface area contributed by atoms with Gasteiger partial charge in [-0.25, -0.2) is 0 Å². The van der Waals surface area contributed by atoms with Crippen LogP contribution in [0, 0.1) is 6.92 Å². The fourth-order valence-electron chi connectivity index (χ4n) is 2.77. The van der Waals surface area contributed by atoms with Gasteiger partial charge in [-0.2, -0.15) is 0 Å². The third-order valence-corrected chi connectivity index (χ3v) is 5.02. The predicted octanol–water partition coefficient (Wildman–Crippen LogP) is 2.65. The zero-order valence-corrected chi connectivity index (χ0v) is 15.3. The third kappa shape index (κ3) is 6.12. The molecule has 0 spiro atoms. The van der Waals surface area contributed by atoms with E-state index in [0.717, 1.165) is 58.1 Å². The van der Waals surface area contributed by atoms with Crippen LogP contribution in [-0.4, -0.2) is 57.4 Å². The Kier molecular flexibility index (Phi) is 7.85. The summed E-state index contributed by atoms with van der Waals surface area (Å²) in [6.07, 6.45) is 3.47. The van der Waals surface area contributed by atoms with Gasteiger partial charge in [-0.05, 0) is 38.3 Å². The number of likely N-dealkylation sites (tertiary alicyclic amines) is 1. The van der Waals surface area contributed by atoms with Gasteiger partial charge in [0.25, 0.3) is 0 Å². The van der Waals surface area contributed by atoms with E-state index in [2.05, 4.69) is 34.3 Å². The fraction of sp³-hybridized carbons (Fsp3) is 0.706. The van der Waals surface area contributed by atoms with E-state index in [4.69, 9.17) is 9.47 Å². The normalized spacial score (nSPS) is 16.8. The Labute approximate surface area is 143 Å². The first kappa shape index (κ1) is 18.2. The number of methoxy groups -OCH3 is 1. The van der Waals surface area contributed by atoms with Gasteiger partial charge in [0.15, 0.2) is 5.96 Å². The molecule has 2 rings (SSSR count). The molecule has 0 amide bonds. The number of hydrogen-bond acceptors (Lipinski definition) is 4. The lowest BCUT2D eigenvalue weighted by atomic mass is 10.1. The lowest BCUT2D eigenvalue weighted by molar-refractivity contribution is 0.00990. The molecule has 23 heavy (non-hydrogen) atoms. The van der Waals surface area contributed by atoms with Crippen LogP contribution in [0.2, 0.25) is 0 Å². The number of rotatable bonds is 7. The van der Waals surface area contributed by atoms with Gasteiger partial charge in [0.2, 0.25) is 0 Å². The Morgan fingerprint density at radius 3 is 2.74 bits per heavy atom. The number of nitrogens with zero attached hydrogens (tertiary/aromatic N) is 2. The Morgan fingerprint density at radius 1 is 1.35 bits per heavy atom. The van der Waals surface area contributed by atoms with Crippen molar-refractivity contribution in [1.29, 1.82) is 0 Å². The Morgan fingerprint density at radius 2 is 2.13 bits per heavy atom. The van der Waals surface area contributed by atoms with Crippen molar-refractivity contribution >= 4 is 17.3 Å². The SMILES string of the molecule is CN=C(NCc1ccc(C)s1)N1CCC(OCCCOC)CC1. The molecule has 1 N–H and O–H groups in total. The second kappa shape index (κ2) is 9.90. The Bertz CT molecular complexity index is 482. The Hall–Kier alpha value is -1.11. The molecule has 5 nitrogen and oxygen atoms in total. The van der Waals surface area contributed by atoms with Gasteiger partial charge in [-0.1, -0.05) is 0 Å². The van der Waals surface area contributed by atoms with Crippen molar-refractivity contribution < 1.29 is 9.47 Å². The first-order chi connectivity index (χ1) is 11.2. The second-order valence-corrected chi connectivity index (χ2v) is 7.19. The van der Waals surface area contributed by atoms with Gasteiger partial charge in [0.1, 0.15) is 0 Å². The minimum Gasteiger partial charge on any atom is -0.385 e. The number of hydrogen-bond donors (Lipinski definition) is 1. The van der Waals surface area contributed by atoms with Crippen LogP contribution in [0.3, 0.4) is 0 Å². The summed E-state index contributed by atoms with van der Waals surface area (Å²) in [6.45, 7) is 6.55. The molecule has 1 fully saturated rings. The van der Waals surface area contributed by atoms with Crippen molar-refractivity contribution in [2.45, 2.75) is 38.8 Å². The molecule has 0 unspecified atom stereocenters. The van der Waals surface area contributed by atoms with Crippen molar-refractivity contribution in [3.8, 4) is 0 Å². The second-order valence-electron chi connectivity index (χ2n) is 5.82. The van der Waals surface area contributed by atoms with Gasteiger partial charge in [-0.15, -0.1) is 11.3 Å². The monoisotopic (exact) mass is 339 g/mol. The molecule has 0 radical (unpaired) electrons. The predicted molar refractivity (Wildman–Crippen MR) is 96.3 cm³/mol. The number of nitrogens with one attached hydrogen (secondary N) is 1. The molecule has 1 saturated heterocycles. The van der Waals surface area contributed by atoms with Crippen molar-refractivity contribution in [2.75, 3.05) is 40.5 Å². The fourth-order valence-corrected chi connectivity index (χ4v) is 3.60. The van der Waals surface area contributed by atoms with E-state index in [1.807, 2.05) is 18.4 Å². The molecule has 1 aromatic heterocycles. The Balaban J connectivity index is 1.70. The van der Waals surface area contributed by atoms with Crippen LogP contribution in [0.25, 0.3) is 0 Å². The van der Waals surface area contributed by atoms with Crippen LogP contribution in [-0.2, 0) is 16.0 Å². The highest BCUT2D eigenvalue weighted by Crippen LogP contribution is 2.16. The molecular formula is C17H29N3O2S. The first-order valence-corrected chi connectivity index (χ1v) is 9.16. The highest BCUT2D eigenvalue weighted by Gasteiger charge is 2.21.